The lowest BCUT2D eigenvalue weighted by Crippen LogP contribution is -2.37. The van der Waals surface area contributed by atoms with Crippen molar-refractivity contribution >= 4 is 11.8 Å². The minimum absolute atomic E-state index is 0.0560. The van der Waals surface area contributed by atoms with Crippen molar-refractivity contribution in [3.05, 3.63) is 29.8 Å². The predicted molar refractivity (Wildman–Crippen MR) is 103 cm³/mol. The summed E-state index contributed by atoms with van der Waals surface area (Å²) in [6, 6.07) is 7.95. The molecule has 1 aliphatic heterocycles. The van der Waals surface area contributed by atoms with Crippen molar-refractivity contribution in [1.29, 1.82) is 0 Å². The van der Waals surface area contributed by atoms with E-state index in [-0.39, 0.29) is 29.6 Å². The van der Waals surface area contributed by atoms with Gasteiger partial charge in [-0.25, -0.2) is 0 Å². The smallest absolute Gasteiger partial charge is 0.225 e. The fraction of sp³-hybridized carbons (Fsp3) is 0.636. The number of likely N-dealkylation sites (tertiary alicyclic amines) is 1. The van der Waals surface area contributed by atoms with E-state index in [1.165, 1.54) is 12.8 Å². The number of ether oxygens (including phenoxy) is 1. The molecule has 1 N–H and O–H groups in total. The number of amides is 2. The molecule has 2 saturated carbocycles. The lowest BCUT2D eigenvalue weighted by molar-refractivity contribution is -0.134. The minimum atomic E-state index is -0.164. The van der Waals surface area contributed by atoms with Crippen LogP contribution >= 0.6 is 0 Å². The van der Waals surface area contributed by atoms with Gasteiger partial charge in [-0.05, 0) is 49.3 Å². The van der Waals surface area contributed by atoms with E-state index in [1.807, 2.05) is 29.2 Å². The van der Waals surface area contributed by atoms with Crippen LogP contribution in [0.5, 0.6) is 5.75 Å². The van der Waals surface area contributed by atoms with Crippen molar-refractivity contribution in [2.75, 3.05) is 26.7 Å². The second-order valence-corrected chi connectivity index (χ2v) is 8.40. The van der Waals surface area contributed by atoms with Crippen LogP contribution in [0, 0.1) is 17.8 Å². The highest BCUT2D eigenvalue weighted by molar-refractivity contribution is 5.84. The van der Waals surface area contributed by atoms with Gasteiger partial charge in [0.2, 0.25) is 11.8 Å². The Balaban J connectivity index is 1.50. The van der Waals surface area contributed by atoms with Gasteiger partial charge in [-0.1, -0.05) is 25.0 Å². The molecule has 5 heteroatoms. The summed E-state index contributed by atoms with van der Waals surface area (Å²) in [4.78, 5) is 27.8. The van der Waals surface area contributed by atoms with Gasteiger partial charge < -0.3 is 15.0 Å². The second kappa shape index (κ2) is 7.91. The Kier molecular flexibility index (Phi) is 5.37. The Labute approximate surface area is 161 Å². The van der Waals surface area contributed by atoms with E-state index < -0.39 is 0 Å². The van der Waals surface area contributed by atoms with Gasteiger partial charge in [-0.3, -0.25) is 9.59 Å². The number of methoxy groups -OCH3 is 1. The van der Waals surface area contributed by atoms with Crippen LogP contribution in [0.4, 0.5) is 0 Å². The molecule has 2 amide bonds. The molecule has 1 saturated heterocycles. The van der Waals surface area contributed by atoms with E-state index in [9.17, 15) is 9.59 Å². The van der Waals surface area contributed by atoms with Crippen LogP contribution in [0.25, 0.3) is 0 Å². The Morgan fingerprint density at radius 1 is 1.07 bits per heavy atom. The number of nitrogens with one attached hydrogen (secondary N) is 1. The molecule has 3 aliphatic rings. The number of benzene rings is 1. The standard InChI is InChI=1S/C22H30N2O3/c1-27-18-10-8-16(9-11-18)19-13-24(22(26)17-4-2-3-5-17)14-20(19)21(25)23-12-15-6-7-15/h8-11,15,17,19-20H,2-7,12-14H2,1H3,(H,23,25). The highest BCUT2D eigenvalue weighted by Crippen LogP contribution is 2.37. The average molecular weight is 370 g/mol. The van der Waals surface area contributed by atoms with Crippen LogP contribution in [-0.2, 0) is 9.59 Å². The first kappa shape index (κ1) is 18.3. The number of hydrogen-bond donors (Lipinski definition) is 1. The van der Waals surface area contributed by atoms with Crippen molar-refractivity contribution in [3.8, 4) is 5.75 Å². The Morgan fingerprint density at radius 3 is 2.41 bits per heavy atom. The van der Waals surface area contributed by atoms with Gasteiger partial charge in [-0.15, -0.1) is 0 Å². The molecule has 1 heterocycles. The second-order valence-electron chi connectivity index (χ2n) is 8.40. The first-order valence-electron chi connectivity index (χ1n) is 10.4. The van der Waals surface area contributed by atoms with Gasteiger partial charge in [0.15, 0.2) is 0 Å². The molecule has 2 aliphatic carbocycles. The normalized spacial score (nSPS) is 25.6. The molecule has 2 unspecified atom stereocenters. The summed E-state index contributed by atoms with van der Waals surface area (Å²) in [7, 11) is 1.65. The summed E-state index contributed by atoms with van der Waals surface area (Å²) in [5, 5.41) is 3.14. The molecule has 1 aromatic carbocycles. The third kappa shape index (κ3) is 4.12. The molecule has 0 bridgehead atoms. The lowest BCUT2D eigenvalue weighted by atomic mass is 9.88. The molecule has 146 valence electrons. The monoisotopic (exact) mass is 370 g/mol. The average Bonchev–Trinajstić information content (AvgIpc) is 3.19. The number of carbonyl (C=O) groups excluding carboxylic acids is 2. The van der Waals surface area contributed by atoms with Crippen molar-refractivity contribution in [3.63, 3.8) is 0 Å². The van der Waals surface area contributed by atoms with Gasteiger partial charge >= 0.3 is 0 Å². The molecule has 0 spiro atoms. The topological polar surface area (TPSA) is 58.6 Å². The summed E-state index contributed by atoms with van der Waals surface area (Å²) >= 11 is 0. The Bertz CT molecular complexity index is 677. The number of hydrogen-bond acceptors (Lipinski definition) is 3. The van der Waals surface area contributed by atoms with Crippen molar-refractivity contribution in [2.24, 2.45) is 17.8 Å². The first-order valence-corrected chi connectivity index (χ1v) is 10.4. The molecule has 27 heavy (non-hydrogen) atoms. The SMILES string of the molecule is COc1ccc(C2CN(C(=O)C3CCCC3)CC2C(=O)NCC2CC2)cc1. The highest BCUT2D eigenvalue weighted by Gasteiger charge is 2.42. The fourth-order valence-electron chi connectivity index (χ4n) is 4.57. The minimum Gasteiger partial charge on any atom is -0.497 e. The number of rotatable bonds is 6. The van der Waals surface area contributed by atoms with Crippen LogP contribution < -0.4 is 10.1 Å². The summed E-state index contributed by atoms with van der Waals surface area (Å²) in [5.41, 5.74) is 1.11. The van der Waals surface area contributed by atoms with Crippen LogP contribution in [-0.4, -0.2) is 43.5 Å². The number of carbonyl (C=O) groups is 2. The fourth-order valence-corrected chi connectivity index (χ4v) is 4.57. The third-order valence-electron chi connectivity index (χ3n) is 6.48. The summed E-state index contributed by atoms with van der Waals surface area (Å²) in [5.74, 6) is 1.88. The van der Waals surface area contributed by atoms with Crippen LogP contribution in [0.1, 0.15) is 50.0 Å². The van der Waals surface area contributed by atoms with E-state index >= 15 is 0 Å². The highest BCUT2D eigenvalue weighted by atomic mass is 16.5. The maximum absolute atomic E-state index is 12.9. The van der Waals surface area contributed by atoms with Crippen molar-refractivity contribution in [1.82, 2.24) is 10.2 Å². The Hall–Kier alpha value is -2.04. The van der Waals surface area contributed by atoms with Crippen LogP contribution in [0.3, 0.4) is 0 Å². The van der Waals surface area contributed by atoms with Gasteiger partial charge in [0, 0.05) is 31.5 Å². The number of nitrogens with zero attached hydrogens (tertiary/aromatic N) is 1. The van der Waals surface area contributed by atoms with Gasteiger partial charge in [0.1, 0.15) is 5.75 Å². The summed E-state index contributed by atoms with van der Waals surface area (Å²) in [6.07, 6.45) is 6.75. The van der Waals surface area contributed by atoms with Crippen LogP contribution in [0.15, 0.2) is 24.3 Å². The van der Waals surface area contributed by atoms with E-state index in [4.69, 9.17) is 4.74 Å². The van der Waals surface area contributed by atoms with E-state index in [0.29, 0.717) is 19.0 Å². The van der Waals surface area contributed by atoms with Crippen molar-refractivity contribution in [2.45, 2.75) is 44.4 Å². The van der Waals surface area contributed by atoms with E-state index in [2.05, 4.69) is 5.32 Å². The Morgan fingerprint density at radius 2 is 1.78 bits per heavy atom. The molecule has 0 radical (unpaired) electrons. The molecule has 3 fully saturated rings. The molecule has 0 aromatic heterocycles. The van der Waals surface area contributed by atoms with E-state index in [1.54, 1.807) is 7.11 Å². The van der Waals surface area contributed by atoms with Gasteiger partial charge in [0.05, 0.1) is 13.0 Å². The summed E-state index contributed by atoms with van der Waals surface area (Å²) in [6.45, 7) is 1.97. The zero-order valence-electron chi connectivity index (χ0n) is 16.2. The molecule has 1 aromatic rings. The van der Waals surface area contributed by atoms with Crippen molar-refractivity contribution < 1.29 is 14.3 Å². The maximum atomic E-state index is 12.9. The zero-order valence-corrected chi connectivity index (χ0v) is 16.2. The summed E-state index contributed by atoms with van der Waals surface area (Å²) < 4.78 is 5.26. The molecule has 4 rings (SSSR count). The maximum Gasteiger partial charge on any atom is 0.225 e. The lowest BCUT2D eigenvalue weighted by Gasteiger charge is -2.20. The third-order valence-corrected chi connectivity index (χ3v) is 6.48. The predicted octanol–water partition coefficient (Wildman–Crippen LogP) is 2.95. The molecular formula is C22H30N2O3. The molecule has 2 atom stereocenters. The van der Waals surface area contributed by atoms with Gasteiger partial charge in [0.25, 0.3) is 0 Å². The van der Waals surface area contributed by atoms with Gasteiger partial charge in [-0.2, -0.15) is 0 Å². The first-order chi connectivity index (χ1) is 13.2. The largest absolute Gasteiger partial charge is 0.497 e. The molecule has 5 nitrogen and oxygen atoms in total. The quantitative estimate of drug-likeness (QED) is 0.838. The zero-order chi connectivity index (χ0) is 18.8. The van der Waals surface area contributed by atoms with E-state index in [0.717, 1.165) is 43.5 Å². The van der Waals surface area contributed by atoms with Crippen LogP contribution in [0.2, 0.25) is 0 Å². The molecular weight excluding hydrogens is 340 g/mol.